The highest BCUT2D eigenvalue weighted by molar-refractivity contribution is 7.86. The summed E-state index contributed by atoms with van der Waals surface area (Å²) < 4.78 is 31.9. The predicted octanol–water partition coefficient (Wildman–Crippen LogP) is -0.571. The number of benzene rings is 2. The minimum atomic E-state index is -4.09. The quantitative estimate of drug-likeness (QED) is 0.553. The third kappa shape index (κ3) is 2.59. The Bertz CT molecular complexity index is 625. The van der Waals surface area contributed by atoms with Crippen LogP contribution in [-0.2, 0) is 10.1 Å². The van der Waals surface area contributed by atoms with Crippen molar-refractivity contribution in [1.82, 2.24) is 0 Å². The lowest BCUT2D eigenvalue weighted by molar-refractivity contribution is 0.484. The lowest BCUT2D eigenvalue weighted by Crippen LogP contribution is -2.15. The lowest BCUT2D eigenvalue weighted by Gasteiger charge is -2.06. The van der Waals surface area contributed by atoms with Crippen molar-refractivity contribution in [3.05, 3.63) is 36.4 Å². The average molecular weight is 263 g/mol. The highest BCUT2D eigenvalue weighted by Gasteiger charge is 2.13. The van der Waals surface area contributed by atoms with Gasteiger partial charge in [-0.05, 0) is 16.8 Å². The van der Waals surface area contributed by atoms with Crippen LogP contribution in [0.2, 0.25) is 0 Å². The Morgan fingerprint density at radius 1 is 1.06 bits per heavy atom. The number of rotatable bonds is 1. The molecule has 1 N–H and O–H groups in total. The molecule has 80 valence electrons. The zero-order valence-electron chi connectivity index (χ0n) is 8.14. The first kappa shape index (κ1) is 14.0. The zero-order chi connectivity index (χ0) is 11.1. The number of hydrogen-bond acceptors (Lipinski definition) is 2. The van der Waals surface area contributed by atoms with Crippen molar-refractivity contribution < 1.29 is 13.0 Å². The second-order valence-corrected chi connectivity index (χ2v) is 5.77. The molecule has 0 aliphatic heterocycles. The Kier molecular flexibility index (Phi) is 4.41. The third-order valence-electron chi connectivity index (χ3n) is 2.43. The Labute approximate surface area is 118 Å². The Balaban J connectivity index is 0.00000128. The first-order valence-electron chi connectivity index (χ1n) is 4.46. The van der Waals surface area contributed by atoms with Crippen molar-refractivity contribution >= 4 is 64.7 Å². The Morgan fingerprint density at radius 2 is 1.69 bits per heavy atom. The fourth-order valence-electron chi connectivity index (χ4n) is 1.69. The maximum atomic E-state index is 11.1. The number of hydrogen-bond donors (Lipinski definition) is 1. The van der Waals surface area contributed by atoms with E-state index in [9.17, 15) is 8.42 Å². The molecule has 3 nitrogen and oxygen atoms in total. The van der Waals surface area contributed by atoms with E-state index in [1.165, 1.54) is 6.07 Å². The van der Waals surface area contributed by atoms with Gasteiger partial charge in [0.15, 0.2) is 0 Å². The van der Waals surface area contributed by atoms with Crippen molar-refractivity contribution in [3.8, 4) is 0 Å². The molecule has 0 bridgehead atoms. The standard InChI is InChI=1S/C10H7O3S.Al.Mg.4H/c11-14(12,13)10-6-5-8-3-1-2-4-9(8)7-10;;;;;;/h1-6H,(H,11,12,13);;;;;;. The van der Waals surface area contributed by atoms with Crippen molar-refractivity contribution in [2.45, 2.75) is 4.90 Å². The molecule has 0 radical (unpaired) electrons. The molecule has 0 aromatic heterocycles. The molecule has 0 amide bonds. The summed E-state index contributed by atoms with van der Waals surface area (Å²) in [4.78, 5) is 0.0351. The molecule has 0 atom stereocenters. The monoisotopic (exact) mass is 262 g/mol. The molecule has 0 heterocycles. The van der Waals surface area contributed by atoms with Gasteiger partial charge in [0, 0.05) is 0 Å². The van der Waals surface area contributed by atoms with Crippen LogP contribution in [-0.4, -0.2) is 52.3 Å². The van der Waals surface area contributed by atoms with E-state index in [0.29, 0.717) is 16.3 Å². The van der Waals surface area contributed by atoms with E-state index in [0.717, 1.165) is 15.2 Å². The van der Waals surface area contributed by atoms with E-state index in [-0.39, 0.29) is 27.9 Å². The second-order valence-electron chi connectivity index (χ2n) is 3.38. The van der Waals surface area contributed by atoms with Crippen LogP contribution >= 0.6 is 0 Å². The van der Waals surface area contributed by atoms with E-state index in [2.05, 4.69) is 0 Å². The van der Waals surface area contributed by atoms with Gasteiger partial charge >= 0.3 is 23.1 Å². The molecule has 0 saturated heterocycles. The molecule has 2 rings (SSSR count). The summed E-state index contributed by atoms with van der Waals surface area (Å²) >= 11 is 0.580. The fourth-order valence-corrected chi connectivity index (χ4v) is 3.82. The minimum absolute atomic E-state index is 0. The summed E-state index contributed by atoms with van der Waals surface area (Å²) in [6.45, 7) is 0. The normalized spacial score (nSPS) is 11.1. The second kappa shape index (κ2) is 5.05. The first-order valence-corrected chi connectivity index (χ1v) is 6.90. The van der Waals surface area contributed by atoms with Crippen LogP contribution in [0.3, 0.4) is 0 Å². The summed E-state index contributed by atoms with van der Waals surface area (Å²) in [5.41, 5.74) is 0. The van der Waals surface area contributed by atoms with Gasteiger partial charge in [0.05, 0.1) is 4.90 Å². The molecule has 6 heteroatoms. The van der Waals surface area contributed by atoms with Gasteiger partial charge in [0.25, 0.3) is 26.4 Å². The van der Waals surface area contributed by atoms with E-state index in [1.54, 1.807) is 6.07 Å². The van der Waals surface area contributed by atoms with Gasteiger partial charge in [-0.3, -0.25) is 4.55 Å². The van der Waals surface area contributed by atoms with Crippen LogP contribution in [0.4, 0.5) is 0 Å². The molecule has 16 heavy (non-hydrogen) atoms. The van der Waals surface area contributed by atoms with Gasteiger partial charge in [-0.2, -0.15) is 8.42 Å². The van der Waals surface area contributed by atoms with Crippen LogP contribution in [0, 0.1) is 0 Å². The molecule has 0 unspecified atom stereocenters. The molecule has 0 fully saturated rings. The van der Waals surface area contributed by atoms with E-state index < -0.39 is 10.1 Å². The van der Waals surface area contributed by atoms with Crippen molar-refractivity contribution in [2.75, 3.05) is 0 Å². The number of fused-ring (bicyclic) bond motifs is 1. The van der Waals surface area contributed by atoms with Gasteiger partial charge in [-0.15, -0.1) is 0 Å². The molecule has 2 aromatic rings. The molecule has 0 aliphatic carbocycles. The highest BCUT2D eigenvalue weighted by Crippen LogP contribution is 2.15. The smallest absolute Gasteiger partial charge is 0.282 e. The van der Waals surface area contributed by atoms with Gasteiger partial charge in [0.2, 0.25) is 0 Å². The molecule has 2 aromatic carbocycles. The zero-order valence-corrected chi connectivity index (χ0v) is 11.0. The topological polar surface area (TPSA) is 54.4 Å². The Hall–Kier alpha value is -0.0913. The van der Waals surface area contributed by atoms with Gasteiger partial charge in [-0.1, -0.05) is 34.8 Å². The molecular weight excluding hydrogens is 251 g/mol. The van der Waals surface area contributed by atoms with E-state index in [4.69, 9.17) is 4.55 Å². The molecular formula is C10H11AlMgO3S. The fraction of sp³-hybridized carbons (Fsp3) is 0. The molecule has 0 aliphatic rings. The van der Waals surface area contributed by atoms with Crippen LogP contribution in [0.5, 0.6) is 0 Å². The molecule has 0 spiro atoms. The van der Waals surface area contributed by atoms with Crippen LogP contribution in [0.1, 0.15) is 0 Å². The van der Waals surface area contributed by atoms with Crippen LogP contribution < -0.4 is 4.43 Å². The minimum Gasteiger partial charge on any atom is -0.282 e. The summed E-state index contributed by atoms with van der Waals surface area (Å²) in [5.74, 6) is 0. The average Bonchev–Trinajstić information content (AvgIpc) is 2.16. The maximum Gasteiger partial charge on any atom is 0.316 e. The van der Waals surface area contributed by atoms with Crippen molar-refractivity contribution in [1.29, 1.82) is 0 Å². The van der Waals surface area contributed by atoms with Crippen molar-refractivity contribution in [2.24, 2.45) is 0 Å². The first-order chi connectivity index (χ1) is 7.00. The van der Waals surface area contributed by atoms with E-state index >= 15 is 0 Å². The van der Waals surface area contributed by atoms with E-state index in [1.807, 2.05) is 24.3 Å². The van der Waals surface area contributed by atoms with Crippen molar-refractivity contribution in [3.63, 3.8) is 0 Å². The van der Waals surface area contributed by atoms with Gasteiger partial charge < -0.3 is 0 Å². The predicted molar refractivity (Wildman–Crippen MR) is 70.5 cm³/mol. The maximum absolute atomic E-state index is 11.1. The summed E-state index contributed by atoms with van der Waals surface area (Å²) in [6.07, 6.45) is 0. The van der Waals surface area contributed by atoms with Gasteiger partial charge in [0.1, 0.15) is 0 Å². The largest absolute Gasteiger partial charge is 0.316 e. The SMILES string of the molecule is O=S(=O)(O)c1ccc2ccccc2[c]1[AlH2].[MgH2]. The van der Waals surface area contributed by atoms with Crippen LogP contribution in [0.25, 0.3) is 10.8 Å². The summed E-state index contributed by atoms with van der Waals surface area (Å²) in [6, 6.07) is 10.7. The highest BCUT2D eigenvalue weighted by atomic mass is 32.2. The third-order valence-corrected chi connectivity index (χ3v) is 4.86. The van der Waals surface area contributed by atoms with Gasteiger partial charge in [-0.25, -0.2) is 0 Å². The summed E-state index contributed by atoms with van der Waals surface area (Å²) in [5, 5.41) is 1.90. The lowest BCUT2D eigenvalue weighted by atomic mass is 10.1. The summed E-state index contributed by atoms with van der Waals surface area (Å²) in [7, 11) is -4.09. The van der Waals surface area contributed by atoms with Crippen LogP contribution in [0.15, 0.2) is 41.3 Å². The Morgan fingerprint density at radius 3 is 2.31 bits per heavy atom. The molecule has 0 saturated carbocycles.